The summed E-state index contributed by atoms with van der Waals surface area (Å²) in [7, 11) is -3.74. The zero-order valence-corrected chi connectivity index (χ0v) is 20.4. The van der Waals surface area contributed by atoms with Gasteiger partial charge in [0.2, 0.25) is 0 Å². The van der Waals surface area contributed by atoms with Crippen LogP contribution in [-0.2, 0) is 10.0 Å². The molecule has 1 aliphatic heterocycles. The van der Waals surface area contributed by atoms with Gasteiger partial charge in [0.05, 0.1) is 16.5 Å². The van der Waals surface area contributed by atoms with Gasteiger partial charge < -0.3 is 10.4 Å². The van der Waals surface area contributed by atoms with Crippen molar-refractivity contribution in [1.82, 2.24) is 0 Å². The van der Waals surface area contributed by atoms with Crippen molar-refractivity contribution in [2.45, 2.75) is 43.0 Å². The molecule has 3 atom stereocenters. The Morgan fingerprint density at radius 1 is 1.03 bits per heavy atom. The van der Waals surface area contributed by atoms with Gasteiger partial charge in [0, 0.05) is 17.3 Å². The molecule has 5 rings (SSSR count). The van der Waals surface area contributed by atoms with E-state index in [4.69, 9.17) is 0 Å². The molecule has 3 N–H and O–H groups in total. The zero-order chi connectivity index (χ0) is 24.7. The summed E-state index contributed by atoms with van der Waals surface area (Å²) < 4.78 is 29.0. The average molecular weight is 489 g/mol. The molecule has 0 saturated carbocycles. The Kier molecular flexibility index (Phi) is 5.89. The van der Waals surface area contributed by atoms with E-state index in [0.717, 1.165) is 28.8 Å². The Morgan fingerprint density at radius 2 is 1.74 bits per heavy atom. The van der Waals surface area contributed by atoms with Crippen LogP contribution in [0.4, 0.5) is 11.4 Å². The fraction of sp³-hybridized carbons (Fsp3) is 0.250. The van der Waals surface area contributed by atoms with Crippen LogP contribution in [0.15, 0.2) is 83.8 Å². The Bertz CT molecular complexity index is 1390. The first-order valence-corrected chi connectivity index (χ1v) is 13.2. The Morgan fingerprint density at radius 3 is 2.40 bits per heavy atom. The highest BCUT2D eigenvalue weighted by Gasteiger charge is 2.38. The van der Waals surface area contributed by atoms with E-state index in [0.29, 0.717) is 11.6 Å². The molecule has 1 heterocycles. The SMILES string of the molecule is CC(C)c1ccc(NS(=O)(=O)c2ccc3c(c2)[C@H]2C=CC[C@H]2[C@@H](c2ccc(C(=O)O)cc2)N3)cc1. The van der Waals surface area contributed by atoms with Crippen LogP contribution < -0.4 is 10.0 Å². The van der Waals surface area contributed by atoms with Crippen LogP contribution in [0.25, 0.3) is 0 Å². The summed E-state index contributed by atoms with van der Waals surface area (Å²) in [6.07, 6.45) is 5.15. The molecule has 0 spiro atoms. The van der Waals surface area contributed by atoms with E-state index in [1.54, 1.807) is 36.4 Å². The van der Waals surface area contributed by atoms with Crippen LogP contribution >= 0.6 is 0 Å². The van der Waals surface area contributed by atoms with Gasteiger partial charge in [-0.1, -0.05) is 50.3 Å². The van der Waals surface area contributed by atoms with Crippen LogP contribution in [0.1, 0.15) is 65.2 Å². The number of carboxylic acids is 1. The summed E-state index contributed by atoms with van der Waals surface area (Å²) >= 11 is 0. The molecular weight excluding hydrogens is 460 g/mol. The third kappa shape index (κ3) is 4.44. The van der Waals surface area contributed by atoms with Crippen molar-refractivity contribution in [1.29, 1.82) is 0 Å². The molecule has 3 aromatic carbocycles. The highest BCUT2D eigenvalue weighted by molar-refractivity contribution is 7.92. The van der Waals surface area contributed by atoms with Crippen LogP contribution in [-0.4, -0.2) is 19.5 Å². The number of rotatable bonds is 6. The van der Waals surface area contributed by atoms with E-state index in [1.165, 1.54) is 0 Å². The number of allylic oxidation sites excluding steroid dienone is 2. The minimum atomic E-state index is -3.74. The van der Waals surface area contributed by atoms with Gasteiger partial charge in [-0.2, -0.15) is 0 Å². The standard InChI is InChI=1S/C28H28N2O4S/c1-17(2)18-10-12-21(13-11-18)30-35(33,34)22-14-15-26-25(16-22)23-4-3-5-24(23)27(29-26)19-6-8-20(9-7-19)28(31)32/h3-4,6-17,23-24,27,29-30H,5H2,1-2H3,(H,31,32)/t23-,24+,27+/m0/s1. The summed E-state index contributed by atoms with van der Waals surface area (Å²) in [5.41, 5.74) is 4.81. The third-order valence-corrected chi connectivity index (χ3v) is 8.37. The maximum Gasteiger partial charge on any atom is 0.335 e. The number of carboxylic acid groups (broad SMARTS) is 1. The van der Waals surface area contributed by atoms with Crippen LogP contribution in [0.3, 0.4) is 0 Å². The van der Waals surface area contributed by atoms with Crippen molar-refractivity contribution in [2.24, 2.45) is 5.92 Å². The highest BCUT2D eigenvalue weighted by Crippen LogP contribution is 2.50. The van der Waals surface area contributed by atoms with E-state index in [1.807, 2.05) is 30.3 Å². The second-order valence-electron chi connectivity index (χ2n) is 9.53. The van der Waals surface area contributed by atoms with Crippen molar-refractivity contribution in [3.63, 3.8) is 0 Å². The summed E-state index contributed by atoms with van der Waals surface area (Å²) in [4.78, 5) is 11.5. The maximum absolute atomic E-state index is 13.2. The second-order valence-corrected chi connectivity index (χ2v) is 11.2. The fourth-order valence-corrected chi connectivity index (χ4v) is 6.15. The lowest BCUT2D eigenvalue weighted by molar-refractivity contribution is 0.0697. The normalized spacial score (nSPS) is 20.7. The van der Waals surface area contributed by atoms with E-state index >= 15 is 0 Å². The number of fused-ring (bicyclic) bond motifs is 3. The number of anilines is 2. The van der Waals surface area contributed by atoms with Crippen LogP contribution in [0.2, 0.25) is 0 Å². The number of hydrogen-bond donors (Lipinski definition) is 3. The highest BCUT2D eigenvalue weighted by atomic mass is 32.2. The zero-order valence-electron chi connectivity index (χ0n) is 19.6. The van der Waals surface area contributed by atoms with Gasteiger partial charge in [0.25, 0.3) is 10.0 Å². The lowest BCUT2D eigenvalue weighted by Gasteiger charge is -2.37. The minimum absolute atomic E-state index is 0.00500. The first-order chi connectivity index (χ1) is 16.7. The first kappa shape index (κ1) is 23.2. The quantitative estimate of drug-likeness (QED) is 0.363. The molecule has 35 heavy (non-hydrogen) atoms. The molecular formula is C28H28N2O4S. The summed E-state index contributed by atoms with van der Waals surface area (Å²) in [5.74, 6) is -0.277. The molecule has 6 nitrogen and oxygen atoms in total. The number of benzene rings is 3. The summed E-state index contributed by atoms with van der Waals surface area (Å²) in [6.45, 7) is 4.20. The number of hydrogen-bond acceptors (Lipinski definition) is 4. The summed E-state index contributed by atoms with van der Waals surface area (Å²) in [6, 6.07) is 19.7. The smallest absolute Gasteiger partial charge is 0.335 e. The average Bonchev–Trinajstić information content (AvgIpc) is 3.34. The van der Waals surface area contributed by atoms with Crippen molar-refractivity contribution < 1.29 is 18.3 Å². The third-order valence-electron chi connectivity index (χ3n) is 6.99. The molecule has 2 aliphatic rings. The Balaban J connectivity index is 1.43. The van der Waals surface area contributed by atoms with Gasteiger partial charge in [-0.15, -0.1) is 0 Å². The van der Waals surface area contributed by atoms with E-state index in [-0.39, 0.29) is 28.3 Å². The van der Waals surface area contributed by atoms with Gasteiger partial charge in [0.15, 0.2) is 0 Å². The Labute approximate surface area is 205 Å². The molecule has 0 aromatic heterocycles. The topological polar surface area (TPSA) is 95.5 Å². The molecule has 180 valence electrons. The van der Waals surface area contributed by atoms with E-state index in [2.05, 4.69) is 36.0 Å². The van der Waals surface area contributed by atoms with Gasteiger partial charge in [-0.25, -0.2) is 13.2 Å². The van der Waals surface area contributed by atoms with Gasteiger partial charge in [-0.05, 0) is 77.4 Å². The van der Waals surface area contributed by atoms with Crippen molar-refractivity contribution in [2.75, 3.05) is 10.0 Å². The maximum atomic E-state index is 13.2. The summed E-state index contributed by atoms with van der Waals surface area (Å²) in [5, 5.41) is 12.8. The van der Waals surface area contributed by atoms with Gasteiger partial charge in [0.1, 0.15) is 0 Å². The predicted molar refractivity (Wildman–Crippen MR) is 138 cm³/mol. The Hall–Kier alpha value is -3.58. The molecule has 3 aromatic rings. The lowest BCUT2D eigenvalue weighted by Crippen LogP contribution is -2.29. The first-order valence-electron chi connectivity index (χ1n) is 11.8. The minimum Gasteiger partial charge on any atom is -0.478 e. The molecule has 0 fully saturated rings. The number of sulfonamides is 1. The molecule has 0 unspecified atom stereocenters. The molecule has 0 amide bonds. The lowest BCUT2D eigenvalue weighted by atomic mass is 9.77. The molecule has 0 bridgehead atoms. The molecule has 7 heteroatoms. The predicted octanol–water partition coefficient (Wildman–Crippen LogP) is 6.14. The van der Waals surface area contributed by atoms with E-state index in [9.17, 15) is 18.3 Å². The molecule has 0 radical (unpaired) electrons. The van der Waals surface area contributed by atoms with E-state index < -0.39 is 16.0 Å². The second kappa shape index (κ2) is 8.89. The van der Waals surface area contributed by atoms with Crippen LogP contribution in [0, 0.1) is 5.92 Å². The van der Waals surface area contributed by atoms with Gasteiger partial charge in [-0.3, -0.25) is 4.72 Å². The van der Waals surface area contributed by atoms with Crippen molar-refractivity contribution >= 4 is 27.4 Å². The fourth-order valence-electron chi connectivity index (χ4n) is 5.05. The van der Waals surface area contributed by atoms with Crippen LogP contribution in [0.5, 0.6) is 0 Å². The monoisotopic (exact) mass is 488 g/mol. The van der Waals surface area contributed by atoms with Gasteiger partial charge >= 0.3 is 5.97 Å². The van der Waals surface area contributed by atoms with Crippen molar-refractivity contribution in [3.05, 3.63) is 101 Å². The largest absolute Gasteiger partial charge is 0.478 e. The number of nitrogens with one attached hydrogen (secondary N) is 2. The molecule has 0 saturated heterocycles. The number of aromatic carboxylic acids is 1. The number of carbonyl (C=O) groups is 1. The van der Waals surface area contributed by atoms with Crippen molar-refractivity contribution in [3.8, 4) is 0 Å². The molecule has 1 aliphatic carbocycles.